The summed E-state index contributed by atoms with van der Waals surface area (Å²) in [7, 11) is 0. The molecule has 0 radical (unpaired) electrons. The Labute approximate surface area is 409 Å². The number of anilines is 1. The summed E-state index contributed by atoms with van der Waals surface area (Å²) in [5, 5.41) is 2.34. The minimum Gasteiger partial charge on any atom is -0.503 e. The van der Waals surface area contributed by atoms with E-state index in [0.29, 0.717) is 11.5 Å². The van der Waals surface area contributed by atoms with Crippen LogP contribution in [-0.2, 0) is 26.5 Å². The number of hydrogen-bond donors (Lipinski definition) is 0. The maximum Gasteiger partial charge on any atom is 2.00 e. The molecule has 0 unspecified atom stereocenters. The first-order chi connectivity index (χ1) is 31.8. The number of aliphatic imine (C=N–C) groups is 1. The Balaban J connectivity index is 0.00000525. The van der Waals surface area contributed by atoms with Gasteiger partial charge >= 0.3 is 21.1 Å². The van der Waals surface area contributed by atoms with Crippen molar-refractivity contribution in [2.45, 2.75) is 84.7 Å². The average Bonchev–Trinajstić information content (AvgIpc) is 3.73. The average molecular weight is 1050 g/mol. The van der Waals surface area contributed by atoms with Crippen LogP contribution in [0.15, 0.2) is 163 Å². The van der Waals surface area contributed by atoms with Gasteiger partial charge in [-0.3, -0.25) is 0 Å². The third-order valence-electron chi connectivity index (χ3n) is 14.7. The van der Waals surface area contributed by atoms with E-state index < -0.39 is 11.1 Å². The summed E-state index contributed by atoms with van der Waals surface area (Å²) in [6.07, 6.45) is 1.89. The Morgan fingerprint density at radius 2 is 1.24 bits per heavy atom. The van der Waals surface area contributed by atoms with Crippen LogP contribution < -0.4 is 9.64 Å². The third-order valence-corrected chi connectivity index (χ3v) is 14.7. The molecule has 6 heteroatoms. The molecular weight excluding hydrogens is 1000 g/mol. The van der Waals surface area contributed by atoms with Gasteiger partial charge in [-0.05, 0) is 86.4 Å². The van der Waals surface area contributed by atoms with Crippen LogP contribution in [0.3, 0.4) is 0 Å². The van der Waals surface area contributed by atoms with E-state index in [1.807, 2.05) is 12.3 Å². The SMILES string of the molecule is Cc1cc2c3c(c1)c1cc(C)c(Oc4[c-]c(C5=NC(C)(C)[C@](C)(C(c6ccccc6)c6ccccc6)N5c5c(C)cccc5C)cc(-c5ccccc5)c4)[c-]c1n3-c1ncccc1C2(C)C.[Pt+2]. The van der Waals surface area contributed by atoms with Crippen LogP contribution in [0.5, 0.6) is 11.5 Å². The van der Waals surface area contributed by atoms with E-state index in [-0.39, 0.29) is 32.4 Å². The smallest absolute Gasteiger partial charge is 0.503 e. The molecule has 7 aromatic carbocycles. The van der Waals surface area contributed by atoms with Crippen LogP contribution in [-0.4, -0.2) is 26.5 Å². The zero-order valence-corrected chi connectivity index (χ0v) is 41.9. The molecule has 0 fully saturated rings. The van der Waals surface area contributed by atoms with Gasteiger partial charge in [0, 0.05) is 45.8 Å². The molecule has 0 N–H and O–H groups in total. The van der Waals surface area contributed by atoms with Crippen LogP contribution in [0.25, 0.3) is 38.8 Å². The van der Waals surface area contributed by atoms with Crippen molar-refractivity contribution in [3.8, 4) is 28.4 Å². The normalized spacial score (nSPS) is 16.8. The third kappa shape index (κ3) is 6.91. The van der Waals surface area contributed by atoms with Crippen LogP contribution in [0, 0.1) is 39.8 Å². The molecule has 0 saturated heterocycles. The van der Waals surface area contributed by atoms with Crippen LogP contribution in [0.4, 0.5) is 5.69 Å². The van der Waals surface area contributed by atoms with Gasteiger partial charge in [0.15, 0.2) is 0 Å². The molecular formula is C61H54N4OPt. The maximum atomic E-state index is 7.14. The zero-order valence-electron chi connectivity index (χ0n) is 39.6. The van der Waals surface area contributed by atoms with Crippen molar-refractivity contribution in [1.82, 2.24) is 9.55 Å². The summed E-state index contributed by atoms with van der Waals surface area (Å²) in [4.78, 5) is 13.4. The van der Waals surface area contributed by atoms with E-state index in [1.165, 1.54) is 49.8 Å². The van der Waals surface area contributed by atoms with Crippen LogP contribution >= 0.6 is 0 Å². The predicted octanol–water partition coefficient (Wildman–Crippen LogP) is 14.7. The summed E-state index contributed by atoms with van der Waals surface area (Å²) in [5.74, 6) is 2.97. The van der Waals surface area contributed by atoms with Crippen molar-refractivity contribution in [3.05, 3.63) is 220 Å². The molecule has 9 aromatic rings. The van der Waals surface area contributed by atoms with Crippen molar-refractivity contribution in [2.75, 3.05) is 4.90 Å². The topological polar surface area (TPSA) is 42.6 Å². The second-order valence-corrected chi connectivity index (χ2v) is 19.7. The van der Waals surface area contributed by atoms with Gasteiger partial charge < -0.3 is 19.2 Å². The molecule has 2 aliphatic rings. The van der Waals surface area contributed by atoms with Gasteiger partial charge in [-0.1, -0.05) is 177 Å². The number of amidine groups is 1. The largest absolute Gasteiger partial charge is 2.00 e. The van der Waals surface area contributed by atoms with E-state index in [9.17, 15) is 0 Å². The second-order valence-electron chi connectivity index (χ2n) is 19.7. The summed E-state index contributed by atoms with van der Waals surface area (Å²) < 4.78 is 9.44. The summed E-state index contributed by atoms with van der Waals surface area (Å²) >= 11 is 0. The van der Waals surface area contributed by atoms with Gasteiger partial charge in [0.25, 0.3) is 0 Å². The molecule has 0 amide bonds. The standard InChI is InChI=1S/C61H54N4O.Pt/c1-38-31-49-48-33-41(4)53(37-52(48)64-56(49)51(32-38)59(5,6)50-29-20-30-62-58(50)64)66-47-35-45(42-23-13-10-14-24-42)34-46(36-47)57-63-60(7,8)61(9,65(57)55-39(2)21-19-22-40(55)3)54(43-25-15-11-16-26-43)44-27-17-12-18-28-44;/h10-35,54H,1-9H3;/q-2;+2/t61-;/m0./s1. The number of ether oxygens (including phenoxy) is 1. The number of nitrogens with zero attached hydrogens (tertiary/aromatic N) is 4. The number of para-hydroxylation sites is 1. The van der Waals surface area contributed by atoms with E-state index >= 15 is 0 Å². The molecule has 0 spiro atoms. The summed E-state index contributed by atoms with van der Waals surface area (Å²) in [6, 6.07) is 62.2. The number of aromatic nitrogens is 2. The maximum absolute atomic E-state index is 7.14. The van der Waals surface area contributed by atoms with E-state index in [4.69, 9.17) is 14.7 Å². The molecule has 67 heavy (non-hydrogen) atoms. The number of rotatable bonds is 8. The Bertz CT molecular complexity index is 3350. The quantitative estimate of drug-likeness (QED) is 0.142. The van der Waals surface area contributed by atoms with Gasteiger partial charge in [-0.25, -0.2) is 4.98 Å². The van der Waals surface area contributed by atoms with Gasteiger partial charge in [0.1, 0.15) is 5.82 Å². The van der Waals surface area contributed by atoms with Crippen LogP contribution in [0.2, 0.25) is 0 Å². The molecule has 2 aromatic heterocycles. The Hall–Kier alpha value is -6.55. The molecule has 0 saturated carbocycles. The molecule has 4 heterocycles. The van der Waals surface area contributed by atoms with Gasteiger partial charge in [0.05, 0.1) is 16.9 Å². The second kappa shape index (κ2) is 16.4. The number of pyridine rings is 1. The number of hydrogen-bond acceptors (Lipinski definition) is 4. The fourth-order valence-corrected chi connectivity index (χ4v) is 11.2. The minimum atomic E-state index is -0.594. The molecule has 5 nitrogen and oxygen atoms in total. The van der Waals surface area contributed by atoms with E-state index in [1.54, 1.807) is 0 Å². The van der Waals surface area contributed by atoms with E-state index in [2.05, 4.69) is 230 Å². The first-order valence-corrected chi connectivity index (χ1v) is 23.1. The number of benzene rings is 7. The molecule has 1 atom stereocenters. The minimum absolute atomic E-state index is 0. The Morgan fingerprint density at radius 1 is 0.597 bits per heavy atom. The Morgan fingerprint density at radius 3 is 1.90 bits per heavy atom. The van der Waals surface area contributed by atoms with Crippen molar-refractivity contribution >= 4 is 33.3 Å². The van der Waals surface area contributed by atoms with Gasteiger partial charge in [-0.2, -0.15) is 6.07 Å². The molecule has 0 bridgehead atoms. The van der Waals surface area contributed by atoms with Gasteiger partial charge in [0.2, 0.25) is 0 Å². The molecule has 11 rings (SSSR count). The van der Waals surface area contributed by atoms with Crippen molar-refractivity contribution < 1.29 is 25.8 Å². The number of fused-ring (bicyclic) bond motifs is 5. The predicted molar refractivity (Wildman–Crippen MR) is 272 cm³/mol. The first kappa shape index (κ1) is 44.3. The fraction of sp³-hybridized carbons (Fsp3) is 0.213. The number of aryl methyl sites for hydroxylation is 4. The van der Waals surface area contributed by atoms with Gasteiger partial charge in [-0.15, -0.1) is 28.6 Å². The Kier molecular flexibility index (Phi) is 10.8. The summed E-state index contributed by atoms with van der Waals surface area (Å²) in [6.45, 7) is 20.4. The zero-order chi connectivity index (χ0) is 45.7. The monoisotopic (exact) mass is 1050 g/mol. The molecule has 334 valence electrons. The van der Waals surface area contributed by atoms with Crippen molar-refractivity contribution in [1.29, 1.82) is 0 Å². The fourth-order valence-electron chi connectivity index (χ4n) is 11.2. The molecule has 2 aliphatic heterocycles. The van der Waals surface area contributed by atoms with Crippen molar-refractivity contribution in [2.24, 2.45) is 4.99 Å². The van der Waals surface area contributed by atoms with E-state index in [0.717, 1.165) is 50.5 Å². The van der Waals surface area contributed by atoms with Crippen LogP contribution in [0.1, 0.15) is 90.6 Å². The van der Waals surface area contributed by atoms with Crippen molar-refractivity contribution in [3.63, 3.8) is 0 Å². The summed E-state index contributed by atoms with van der Waals surface area (Å²) in [5.41, 5.74) is 14.4. The molecule has 0 aliphatic carbocycles. The first-order valence-electron chi connectivity index (χ1n) is 23.1.